The average molecular weight is 245 g/mol. The van der Waals surface area contributed by atoms with Crippen LogP contribution in [0, 0.1) is 6.92 Å². The zero-order valence-corrected chi connectivity index (χ0v) is 10.3. The summed E-state index contributed by atoms with van der Waals surface area (Å²) in [5.74, 6) is 0.330. The van der Waals surface area contributed by atoms with Gasteiger partial charge in [-0.1, -0.05) is 18.2 Å². The Morgan fingerprint density at radius 2 is 2.06 bits per heavy atom. The Hall–Kier alpha value is -2.07. The highest BCUT2D eigenvalue weighted by Crippen LogP contribution is 2.23. The van der Waals surface area contributed by atoms with Gasteiger partial charge in [0.05, 0.1) is 17.9 Å². The molecule has 0 aliphatic carbocycles. The van der Waals surface area contributed by atoms with Crippen molar-refractivity contribution in [3.8, 4) is 0 Å². The number of benzene rings is 1. The third kappa shape index (κ3) is 2.43. The van der Waals surface area contributed by atoms with Gasteiger partial charge in [-0.15, -0.1) is 0 Å². The van der Waals surface area contributed by atoms with Crippen molar-refractivity contribution in [2.75, 3.05) is 5.32 Å². The molecular formula is C14H15NO3. The Balaban J connectivity index is 2.25. The number of anilines is 1. The van der Waals surface area contributed by atoms with Crippen LogP contribution in [-0.2, 0) is 0 Å². The Bertz CT molecular complexity index is 558. The number of aliphatic hydroxyl groups is 1. The van der Waals surface area contributed by atoms with Gasteiger partial charge in [0.2, 0.25) is 0 Å². The lowest BCUT2D eigenvalue weighted by atomic mass is 10.1. The molecule has 0 fully saturated rings. The minimum atomic E-state index is -0.632. The van der Waals surface area contributed by atoms with Crippen molar-refractivity contribution < 1.29 is 14.3 Å². The van der Waals surface area contributed by atoms with Crippen molar-refractivity contribution in [1.29, 1.82) is 0 Å². The Kier molecular flexibility index (Phi) is 3.48. The van der Waals surface area contributed by atoms with Crippen molar-refractivity contribution in [2.24, 2.45) is 0 Å². The summed E-state index contributed by atoms with van der Waals surface area (Å²) in [4.78, 5) is 12.0. The number of carbonyl (C=O) groups excluding carboxylic acids is 1. The maximum absolute atomic E-state index is 12.0. The van der Waals surface area contributed by atoms with E-state index in [0.717, 1.165) is 0 Å². The van der Waals surface area contributed by atoms with E-state index in [4.69, 9.17) is 4.42 Å². The number of aryl methyl sites for hydroxylation is 1. The Morgan fingerprint density at radius 3 is 2.67 bits per heavy atom. The second-order valence-corrected chi connectivity index (χ2v) is 4.11. The van der Waals surface area contributed by atoms with Gasteiger partial charge in [-0.3, -0.25) is 4.79 Å². The number of rotatable bonds is 3. The average Bonchev–Trinajstić information content (AvgIpc) is 2.76. The lowest BCUT2D eigenvalue weighted by Crippen LogP contribution is -2.14. The van der Waals surface area contributed by atoms with Gasteiger partial charge in [0.25, 0.3) is 5.91 Å². The number of hydrogen-bond acceptors (Lipinski definition) is 3. The predicted octanol–water partition coefficient (Wildman–Crippen LogP) is 2.89. The zero-order chi connectivity index (χ0) is 13.1. The lowest BCUT2D eigenvalue weighted by molar-refractivity contribution is 0.102. The summed E-state index contributed by atoms with van der Waals surface area (Å²) in [6.07, 6.45) is 0.845. The van der Waals surface area contributed by atoms with Crippen LogP contribution in [0.1, 0.15) is 34.7 Å². The van der Waals surface area contributed by atoms with Crippen LogP contribution in [0.3, 0.4) is 0 Å². The van der Waals surface area contributed by atoms with Crippen LogP contribution >= 0.6 is 0 Å². The number of carbonyl (C=O) groups is 1. The van der Waals surface area contributed by atoms with Gasteiger partial charge in [0.15, 0.2) is 0 Å². The molecule has 1 amide bonds. The molecule has 1 aromatic carbocycles. The number of para-hydroxylation sites is 1. The zero-order valence-electron chi connectivity index (χ0n) is 10.3. The van der Waals surface area contributed by atoms with Crippen molar-refractivity contribution >= 4 is 11.6 Å². The van der Waals surface area contributed by atoms with E-state index in [1.807, 2.05) is 12.1 Å². The summed E-state index contributed by atoms with van der Waals surface area (Å²) in [5.41, 5.74) is 1.79. The van der Waals surface area contributed by atoms with E-state index in [9.17, 15) is 9.90 Å². The summed E-state index contributed by atoms with van der Waals surface area (Å²) in [7, 11) is 0. The van der Waals surface area contributed by atoms with E-state index >= 15 is 0 Å². The summed E-state index contributed by atoms with van der Waals surface area (Å²) in [6.45, 7) is 3.39. The summed E-state index contributed by atoms with van der Waals surface area (Å²) in [6, 6.07) is 8.79. The summed E-state index contributed by atoms with van der Waals surface area (Å²) in [5, 5.41) is 12.4. The normalized spacial score (nSPS) is 12.2. The van der Waals surface area contributed by atoms with Crippen LogP contribution in [0.2, 0.25) is 0 Å². The van der Waals surface area contributed by atoms with E-state index in [2.05, 4.69) is 5.32 Å². The van der Waals surface area contributed by atoms with Gasteiger partial charge in [-0.2, -0.15) is 0 Å². The molecule has 1 atom stereocenters. The quantitative estimate of drug-likeness (QED) is 0.874. The van der Waals surface area contributed by atoms with Crippen molar-refractivity contribution in [1.82, 2.24) is 0 Å². The first kappa shape index (κ1) is 12.4. The number of nitrogens with one attached hydrogen (secondary N) is 1. The minimum absolute atomic E-state index is 0.241. The van der Waals surface area contributed by atoms with E-state index in [-0.39, 0.29) is 5.91 Å². The molecule has 1 unspecified atom stereocenters. The highest BCUT2D eigenvalue weighted by atomic mass is 16.3. The SMILES string of the molecule is Cc1occc1C(=O)Nc1ccccc1C(C)O. The monoisotopic (exact) mass is 245 g/mol. The van der Waals surface area contributed by atoms with Crippen LogP contribution in [0.4, 0.5) is 5.69 Å². The smallest absolute Gasteiger partial charge is 0.259 e. The second-order valence-electron chi connectivity index (χ2n) is 4.11. The molecule has 0 saturated carbocycles. The molecule has 1 aromatic heterocycles. The van der Waals surface area contributed by atoms with Crippen molar-refractivity contribution in [3.63, 3.8) is 0 Å². The number of amides is 1. The first-order chi connectivity index (χ1) is 8.59. The molecule has 18 heavy (non-hydrogen) atoms. The maximum atomic E-state index is 12.0. The lowest BCUT2D eigenvalue weighted by Gasteiger charge is -2.12. The van der Waals surface area contributed by atoms with Gasteiger partial charge >= 0.3 is 0 Å². The third-order valence-corrected chi connectivity index (χ3v) is 2.76. The van der Waals surface area contributed by atoms with Crippen LogP contribution in [0.25, 0.3) is 0 Å². The molecule has 2 rings (SSSR count). The molecule has 0 spiro atoms. The number of hydrogen-bond donors (Lipinski definition) is 2. The fourth-order valence-electron chi connectivity index (χ4n) is 1.79. The first-order valence-electron chi connectivity index (χ1n) is 5.72. The standard InChI is InChI=1S/C14H15NO3/c1-9(16)11-5-3-4-6-13(11)15-14(17)12-7-8-18-10(12)2/h3-9,16H,1-2H3,(H,15,17). The predicted molar refractivity (Wildman–Crippen MR) is 68.5 cm³/mol. The topological polar surface area (TPSA) is 62.5 Å². The third-order valence-electron chi connectivity index (χ3n) is 2.76. The van der Waals surface area contributed by atoms with Crippen LogP contribution in [0.15, 0.2) is 41.0 Å². The highest BCUT2D eigenvalue weighted by molar-refractivity contribution is 6.05. The number of furan rings is 1. The second kappa shape index (κ2) is 5.06. The Morgan fingerprint density at radius 1 is 1.33 bits per heavy atom. The fraction of sp³-hybridized carbons (Fsp3) is 0.214. The molecule has 0 bridgehead atoms. The molecule has 2 N–H and O–H groups in total. The van der Waals surface area contributed by atoms with Crippen LogP contribution in [0.5, 0.6) is 0 Å². The number of aliphatic hydroxyl groups excluding tert-OH is 1. The van der Waals surface area contributed by atoms with Gasteiger partial charge < -0.3 is 14.8 Å². The molecule has 2 aromatic rings. The molecule has 0 saturated heterocycles. The fourth-order valence-corrected chi connectivity index (χ4v) is 1.79. The molecule has 4 nitrogen and oxygen atoms in total. The minimum Gasteiger partial charge on any atom is -0.469 e. The highest BCUT2D eigenvalue weighted by Gasteiger charge is 2.14. The molecule has 0 radical (unpaired) electrons. The van der Waals surface area contributed by atoms with E-state index < -0.39 is 6.10 Å². The molecule has 4 heteroatoms. The molecule has 0 aliphatic rings. The molecule has 94 valence electrons. The van der Waals surface area contributed by atoms with E-state index in [0.29, 0.717) is 22.6 Å². The van der Waals surface area contributed by atoms with Gasteiger partial charge in [-0.25, -0.2) is 0 Å². The molecule has 1 heterocycles. The maximum Gasteiger partial charge on any atom is 0.259 e. The largest absolute Gasteiger partial charge is 0.469 e. The molecular weight excluding hydrogens is 230 g/mol. The summed E-state index contributed by atoms with van der Waals surface area (Å²) < 4.78 is 5.09. The molecule has 0 aliphatic heterocycles. The Labute approximate surface area is 105 Å². The van der Waals surface area contributed by atoms with Gasteiger partial charge in [0.1, 0.15) is 5.76 Å². The first-order valence-corrected chi connectivity index (χ1v) is 5.72. The van der Waals surface area contributed by atoms with Gasteiger partial charge in [-0.05, 0) is 26.0 Å². The van der Waals surface area contributed by atoms with Crippen LogP contribution < -0.4 is 5.32 Å². The van der Waals surface area contributed by atoms with E-state index in [1.54, 1.807) is 32.0 Å². The summed E-state index contributed by atoms with van der Waals surface area (Å²) >= 11 is 0. The van der Waals surface area contributed by atoms with E-state index in [1.165, 1.54) is 6.26 Å². The van der Waals surface area contributed by atoms with Crippen molar-refractivity contribution in [3.05, 3.63) is 53.5 Å². The van der Waals surface area contributed by atoms with Crippen molar-refractivity contribution in [2.45, 2.75) is 20.0 Å². The van der Waals surface area contributed by atoms with Crippen LogP contribution in [-0.4, -0.2) is 11.0 Å². The van der Waals surface area contributed by atoms with Gasteiger partial charge in [0, 0.05) is 11.3 Å².